The summed E-state index contributed by atoms with van der Waals surface area (Å²) in [5, 5.41) is 12.2. The number of fused-ring (bicyclic) bond motifs is 2. The lowest BCUT2D eigenvalue weighted by Crippen LogP contribution is -2.54. The number of ketones is 1. The Kier molecular flexibility index (Phi) is 9.03. The standard InChI is InChI=1S/C36H38N2O7Si/c1-22-17-23(36(43)38(20-33(41)44-3)21-34(42)45-4)7-14-28(22)35-29-15-10-25(37(2)24-8-11-26(39)12-9-24)18-31(29)46(5,6)32-19-27(40)13-16-30(32)35/h7-19,30,35,39H,20-21H2,1-6H3. The highest BCUT2D eigenvalue weighted by Gasteiger charge is 2.46. The fourth-order valence-electron chi connectivity index (χ4n) is 6.57. The van der Waals surface area contributed by atoms with Crippen LogP contribution in [0.5, 0.6) is 5.75 Å². The van der Waals surface area contributed by atoms with Crippen LogP contribution >= 0.6 is 0 Å². The molecule has 5 rings (SSSR count). The van der Waals surface area contributed by atoms with Crippen LogP contribution in [0.25, 0.3) is 0 Å². The van der Waals surface area contributed by atoms with Crippen LogP contribution in [0.1, 0.15) is 33.0 Å². The number of nitrogens with zero attached hydrogens (tertiary/aromatic N) is 2. The maximum Gasteiger partial charge on any atom is 0.325 e. The number of anilines is 2. The van der Waals surface area contributed by atoms with E-state index in [0.717, 1.165) is 32.6 Å². The third kappa shape index (κ3) is 6.12. The van der Waals surface area contributed by atoms with E-state index in [2.05, 4.69) is 36.2 Å². The Hall–Kier alpha value is -4.96. The molecule has 0 fully saturated rings. The Bertz CT molecular complexity index is 1760. The van der Waals surface area contributed by atoms with E-state index < -0.39 is 39.0 Å². The van der Waals surface area contributed by atoms with Crippen LogP contribution in [-0.4, -0.2) is 76.1 Å². The van der Waals surface area contributed by atoms with Crippen molar-refractivity contribution in [1.82, 2.24) is 4.90 Å². The highest BCUT2D eigenvalue weighted by atomic mass is 28.3. The molecular formula is C36H38N2O7Si. The highest BCUT2D eigenvalue weighted by molar-refractivity contribution is 6.96. The van der Waals surface area contributed by atoms with Gasteiger partial charge in [0.2, 0.25) is 0 Å². The van der Waals surface area contributed by atoms with Crippen LogP contribution in [-0.2, 0) is 23.9 Å². The van der Waals surface area contributed by atoms with Crippen molar-refractivity contribution in [2.75, 3.05) is 39.3 Å². The zero-order chi connectivity index (χ0) is 33.3. The molecule has 2 atom stereocenters. The Labute approximate surface area is 269 Å². The van der Waals surface area contributed by atoms with Gasteiger partial charge < -0.3 is 24.4 Å². The minimum absolute atomic E-state index is 0.0136. The topological polar surface area (TPSA) is 113 Å². The lowest BCUT2D eigenvalue weighted by atomic mass is 9.76. The SMILES string of the molecule is COC(=O)CN(CC(=O)OC)C(=O)c1ccc(C2c3ccc(N(C)c4ccc(O)cc4)cc3[Si](C)(C)C3=CC(=O)C=CC32)c(C)c1. The average molecular weight is 639 g/mol. The van der Waals surface area contributed by atoms with E-state index in [9.17, 15) is 24.3 Å². The molecule has 0 aromatic heterocycles. The molecule has 9 nitrogen and oxygen atoms in total. The van der Waals surface area contributed by atoms with E-state index >= 15 is 0 Å². The van der Waals surface area contributed by atoms with Crippen molar-refractivity contribution in [3.63, 3.8) is 0 Å². The van der Waals surface area contributed by atoms with Gasteiger partial charge in [0.1, 0.15) is 26.9 Å². The Morgan fingerprint density at radius 3 is 2.09 bits per heavy atom. The van der Waals surface area contributed by atoms with E-state index in [4.69, 9.17) is 9.47 Å². The van der Waals surface area contributed by atoms with E-state index in [-0.39, 0.29) is 23.4 Å². The number of aromatic hydroxyl groups is 1. The molecule has 1 aliphatic heterocycles. The van der Waals surface area contributed by atoms with Crippen LogP contribution in [0.15, 0.2) is 84.1 Å². The molecule has 3 aromatic carbocycles. The predicted molar refractivity (Wildman–Crippen MR) is 178 cm³/mol. The second-order valence-electron chi connectivity index (χ2n) is 12.2. The number of phenolic OH excluding ortho intramolecular Hbond substituents is 1. The predicted octanol–water partition coefficient (Wildman–Crippen LogP) is 4.54. The van der Waals surface area contributed by atoms with Crippen molar-refractivity contribution in [2.24, 2.45) is 5.92 Å². The first kappa shape index (κ1) is 32.4. The molecule has 46 heavy (non-hydrogen) atoms. The summed E-state index contributed by atoms with van der Waals surface area (Å²) in [5.41, 5.74) is 5.33. The number of carbonyl (C=O) groups is 4. The summed E-state index contributed by atoms with van der Waals surface area (Å²) in [6.07, 6.45) is 5.48. The van der Waals surface area contributed by atoms with Crippen molar-refractivity contribution in [3.8, 4) is 5.75 Å². The van der Waals surface area contributed by atoms with Gasteiger partial charge in [-0.15, -0.1) is 0 Å². The number of esters is 2. The maximum atomic E-state index is 13.5. The molecule has 10 heteroatoms. The molecule has 238 valence electrons. The van der Waals surface area contributed by atoms with E-state index in [1.54, 1.807) is 30.3 Å². The first-order chi connectivity index (χ1) is 21.8. The molecule has 1 aliphatic carbocycles. The van der Waals surface area contributed by atoms with Gasteiger partial charge in [-0.25, -0.2) is 0 Å². The molecule has 0 radical (unpaired) electrons. The average Bonchev–Trinajstić information content (AvgIpc) is 3.04. The van der Waals surface area contributed by atoms with Crippen molar-refractivity contribution >= 4 is 48.3 Å². The molecule has 0 saturated heterocycles. The summed E-state index contributed by atoms with van der Waals surface area (Å²) >= 11 is 0. The van der Waals surface area contributed by atoms with Crippen molar-refractivity contribution < 1.29 is 33.8 Å². The molecule has 1 amide bonds. The van der Waals surface area contributed by atoms with Gasteiger partial charge >= 0.3 is 11.9 Å². The number of carbonyl (C=O) groups excluding carboxylic acids is 4. The number of ether oxygens (including phenoxy) is 2. The number of amides is 1. The lowest BCUT2D eigenvalue weighted by molar-refractivity contribution is -0.144. The molecule has 2 aliphatic rings. The zero-order valence-electron chi connectivity index (χ0n) is 26.9. The number of hydrogen-bond donors (Lipinski definition) is 1. The first-order valence-electron chi connectivity index (χ1n) is 15.0. The molecular weight excluding hydrogens is 600 g/mol. The minimum Gasteiger partial charge on any atom is -0.508 e. The van der Waals surface area contributed by atoms with Crippen molar-refractivity contribution in [1.29, 1.82) is 0 Å². The monoisotopic (exact) mass is 638 g/mol. The number of allylic oxidation sites excluding steroid dienone is 4. The van der Waals surface area contributed by atoms with Crippen LogP contribution < -0.4 is 10.1 Å². The molecule has 1 N–H and O–H groups in total. The third-order valence-corrected chi connectivity index (χ3v) is 12.8. The van der Waals surface area contributed by atoms with Gasteiger partial charge in [-0.3, -0.25) is 19.2 Å². The Balaban J connectivity index is 1.58. The molecule has 2 unspecified atom stereocenters. The summed E-state index contributed by atoms with van der Waals surface area (Å²) < 4.78 is 9.47. The molecule has 0 bridgehead atoms. The van der Waals surface area contributed by atoms with E-state index in [1.165, 1.54) is 25.0 Å². The Morgan fingerprint density at radius 1 is 0.870 bits per heavy atom. The number of phenols is 1. The normalized spacial score (nSPS) is 17.7. The van der Waals surface area contributed by atoms with Gasteiger partial charge in [0.05, 0.1) is 14.2 Å². The maximum absolute atomic E-state index is 13.5. The largest absolute Gasteiger partial charge is 0.508 e. The second-order valence-corrected chi connectivity index (χ2v) is 16.6. The van der Waals surface area contributed by atoms with Crippen molar-refractivity contribution in [2.45, 2.75) is 25.9 Å². The number of rotatable bonds is 8. The van der Waals surface area contributed by atoms with E-state index in [1.807, 2.05) is 44.3 Å². The molecule has 0 saturated carbocycles. The van der Waals surface area contributed by atoms with Crippen molar-refractivity contribution in [3.05, 3.63) is 106 Å². The van der Waals surface area contributed by atoms with Gasteiger partial charge in [0.25, 0.3) is 5.91 Å². The highest BCUT2D eigenvalue weighted by Crippen LogP contribution is 2.47. The summed E-state index contributed by atoms with van der Waals surface area (Å²) in [5.74, 6) is -1.73. The van der Waals surface area contributed by atoms with Gasteiger partial charge in [-0.1, -0.05) is 36.5 Å². The number of hydrogen-bond acceptors (Lipinski definition) is 8. The van der Waals surface area contributed by atoms with Gasteiger partial charge in [-0.2, -0.15) is 0 Å². The number of benzene rings is 3. The molecule has 1 heterocycles. The molecule has 3 aromatic rings. The number of aryl methyl sites for hydroxylation is 1. The molecule has 0 spiro atoms. The smallest absolute Gasteiger partial charge is 0.325 e. The van der Waals surface area contributed by atoms with Gasteiger partial charge in [0.15, 0.2) is 5.78 Å². The number of methoxy groups -OCH3 is 2. The summed E-state index contributed by atoms with van der Waals surface area (Å²) in [6.45, 7) is 5.72. The summed E-state index contributed by atoms with van der Waals surface area (Å²) in [7, 11) is 2.13. The third-order valence-electron chi connectivity index (χ3n) is 9.11. The lowest BCUT2D eigenvalue weighted by Gasteiger charge is -2.45. The minimum atomic E-state index is -2.30. The van der Waals surface area contributed by atoms with E-state index in [0.29, 0.717) is 5.56 Å². The second kappa shape index (κ2) is 12.8. The Morgan fingerprint density at radius 2 is 1.48 bits per heavy atom. The first-order valence-corrected chi connectivity index (χ1v) is 18.0. The quantitative estimate of drug-likeness (QED) is 0.283. The van der Waals surface area contributed by atoms with Crippen LogP contribution in [0.3, 0.4) is 0 Å². The fraction of sp³-hybridized carbons (Fsp3) is 0.278. The van der Waals surface area contributed by atoms with Crippen LogP contribution in [0, 0.1) is 12.8 Å². The van der Waals surface area contributed by atoms with Gasteiger partial charge in [-0.05, 0) is 89.5 Å². The summed E-state index contributed by atoms with van der Waals surface area (Å²) in [6, 6.07) is 19.0. The summed E-state index contributed by atoms with van der Waals surface area (Å²) in [4.78, 5) is 53.5. The van der Waals surface area contributed by atoms with Gasteiger partial charge in [0, 0.05) is 35.8 Å². The van der Waals surface area contributed by atoms with Crippen LogP contribution in [0.4, 0.5) is 11.4 Å². The zero-order valence-corrected chi connectivity index (χ0v) is 27.9. The fourth-order valence-corrected chi connectivity index (χ4v) is 9.95. The van der Waals surface area contributed by atoms with Crippen LogP contribution in [0.2, 0.25) is 13.1 Å².